The minimum absolute atomic E-state index is 0.0189. The number of carbonyl (C=O) groups excluding carboxylic acids is 2. The molecule has 28 heavy (non-hydrogen) atoms. The van der Waals surface area contributed by atoms with Crippen LogP contribution in [0.3, 0.4) is 0 Å². The molecule has 6 heteroatoms. The van der Waals surface area contributed by atoms with E-state index in [4.69, 9.17) is 4.74 Å². The van der Waals surface area contributed by atoms with Gasteiger partial charge in [-0.05, 0) is 49.9 Å². The molecule has 0 radical (unpaired) electrons. The van der Waals surface area contributed by atoms with Crippen LogP contribution < -0.4 is 10.1 Å². The van der Waals surface area contributed by atoms with E-state index in [1.807, 2.05) is 26.0 Å². The summed E-state index contributed by atoms with van der Waals surface area (Å²) in [6, 6.07) is 10.4. The van der Waals surface area contributed by atoms with Crippen LogP contribution in [-0.2, 0) is 9.59 Å². The number of nitrogens with one attached hydrogen (secondary N) is 1. The van der Waals surface area contributed by atoms with E-state index in [9.17, 15) is 9.59 Å². The van der Waals surface area contributed by atoms with Crippen molar-refractivity contribution >= 4 is 17.5 Å². The molecule has 1 aromatic heterocycles. The van der Waals surface area contributed by atoms with Gasteiger partial charge in [-0.15, -0.1) is 0 Å². The van der Waals surface area contributed by atoms with Crippen molar-refractivity contribution < 1.29 is 14.3 Å². The van der Waals surface area contributed by atoms with Crippen molar-refractivity contribution in [3.63, 3.8) is 0 Å². The lowest BCUT2D eigenvalue weighted by molar-refractivity contribution is -0.140. The number of ether oxygens (including phenoxy) is 1. The summed E-state index contributed by atoms with van der Waals surface area (Å²) in [6.07, 6.45) is 6.41. The third-order valence-electron chi connectivity index (χ3n) is 5.18. The highest BCUT2D eigenvalue weighted by molar-refractivity contribution is 5.98. The molecule has 1 aliphatic heterocycles. The predicted octanol–water partition coefficient (Wildman–Crippen LogP) is 4.24. The van der Waals surface area contributed by atoms with Crippen LogP contribution in [0, 0.1) is 5.92 Å². The minimum Gasteiger partial charge on any atom is -0.454 e. The first-order valence-corrected chi connectivity index (χ1v) is 9.92. The fourth-order valence-electron chi connectivity index (χ4n) is 3.58. The van der Waals surface area contributed by atoms with E-state index >= 15 is 0 Å². The highest BCUT2D eigenvalue weighted by atomic mass is 16.5. The molecule has 2 aromatic rings. The molecule has 1 aromatic carbocycles. The highest BCUT2D eigenvalue weighted by Crippen LogP contribution is 2.30. The summed E-state index contributed by atoms with van der Waals surface area (Å²) in [5, 5.41) is 2.95. The Labute approximate surface area is 165 Å². The molecule has 148 valence electrons. The normalized spacial score (nSPS) is 16.2. The van der Waals surface area contributed by atoms with Crippen molar-refractivity contribution in [3.8, 4) is 11.5 Å². The second kappa shape index (κ2) is 9.35. The number of hydrogen-bond acceptors (Lipinski definition) is 4. The predicted molar refractivity (Wildman–Crippen MR) is 108 cm³/mol. The number of carbonyl (C=O) groups is 2. The summed E-state index contributed by atoms with van der Waals surface area (Å²) < 4.78 is 5.86. The maximum atomic E-state index is 13.0. The first kappa shape index (κ1) is 19.9. The molecule has 1 aliphatic rings. The third-order valence-corrected chi connectivity index (χ3v) is 5.18. The van der Waals surface area contributed by atoms with E-state index in [-0.39, 0.29) is 17.7 Å². The molecule has 6 nitrogen and oxygen atoms in total. The lowest BCUT2D eigenvalue weighted by Crippen LogP contribution is -2.45. The van der Waals surface area contributed by atoms with Crippen LogP contribution in [-0.4, -0.2) is 34.3 Å². The van der Waals surface area contributed by atoms with Gasteiger partial charge in [0.05, 0.1) is 11.9 Å². The summed E-state index contributed by atoms with van der Waals surface area (Å²) in [5.74, 6) is 1.03. The quantitative estimate of drug-likeness (QED) is 0.779. The molecule has 0 saturated carbocycles. The van der Waals surface area contributed by atoms with Crippen LogP contribution in [0.4, 0.5) is 5.69 Å². The van der Waals surface area contributed by atoms with Gasteiger partial charge in [-0.25, -0.2) is 0 Å². The van der Waals surface area contributed by atoms with E-state index in [0.717, 1.165) is 19.3 Å². The molecule has 2 heterocycles. The molecule has 1 atom stereocenters. The molecule has 2 amide bonds. The third kappa shape index (κ3) is 4.50. The Bertz CT molecular complexity index is 806. The zero-order chi connectivity index (χ0) is 19.9. The summed E-state index contributed by atoms with van der Waals surface area (Å²) in [5.41, 5.74) is 0.582. The van der Waals surface area contributed by atoms with Gasteiger partial charge < -0.3 is 15.0 Å². The van der Waals surface area contributed by atoms with Gasteiger partial charge in [-0.1, -0.05) is 26.0 Å². The van der Waals surface area contributed by atoms with Gasteiger partial charge in [0.1, 0.15) is 11.8 Å². The van der Waals surface area contributed by atoms with Crippen LogP contribution in [0.15, 0.2) is 48.8 Å². The topological polar surface area (TPSA) is 71.5 Å². The second-order valence-corrected chi connectivity index (χ2v) is 6.98. The van der Waals surface area contributed by atoms with E-state index in [2.05, 4.69) is 10.3 Å². The maximum Gasteiger partial charge on any atom is 0.247 e. The van der Waals surface area contributed by atoms with Gasteiger partial charge in [-0.3, -0.25) is 14.6 Å². The molecule has 0 spiro atoms. The van der Waals surface area contributed by atoms with Gasteiger partial charge in [-0.2, -0.15) is 0 Å². The average Bonchev–Trinajstić information content (AvgIpc) is 3.21. The molecule has 0 bridgehead atoms. The molecule has 1 N–H and O–H groups in total. The summed E-state index contributed by atoms with van der Waals surface area (Å²) in [7, 11) is 0. The van der Waals surface area contributed by atoms with E-state index in [0.29, 0.717) is 30.2 Å². The maximum absolute atomic E-state index is 13.0. The van der Waals surface area contributed by atoms with Gasteiger partial charge >= 0.3 is 0 Å². The number of anilines is 1. The Morgan fingerprint density at radius 2 is 2.00 bits per heavy atom. The zero-order valence-corrected chi connectivity index (χ0v) is 16.4. The Balaban J connectivity index is 1.73. The zero-order valence-electron chi connectivity index (χ0n) is 16.4. The number of benzene rings is 1. The monoisotopic (exact) mass is 381 g/mol. The number of nitrogens with zero attached hydrogens (tertiary/aromatic N) is 2. The lowest BCUT2D eigenvalue weighted by Gasteiger charge is -2.27. The Hall–Kier alpha value is -2.89. The number of likely N-dealkylation sites (tertiary alicyclic amines) is 1. The second-order valence-electron chi connectivity index (χ2n) is 6.98. The fourth-order valence-corrected chi connectivity index (χ4v) is 3.58. The Kier molecular flexibility index (Phi) is 6.63. The largest absolute Gasteiger partial charge is 0.454 e. The highest BCUT2D eigenvalue weighted by Gasteiger charge is 2.36. The molecule has 1 saturated heterocycles. The summed E-state index contributed by atoms with van der Waals surface area (Å²) >= 11 is 0. The van der Waals surface area contributed by atoms with Crippen molar-refractivity contribution in [1.82, 2.24) is 9.88 Å². The first-order chi connectivity index (χ1) is 13.6. The molecule has 3 rings (SSSR count). The molecule has 0 aliphatic carbocycles. The van der Waals surface area contributed by atoms with Crippen molar-refractivity contribution in [3.05, 3.63) is 48.8 Å². The van der Waals surface area contributed by atoms with Crippen LogP contribution in [0.5, 0.6) is 11.5 Å². The smallest absolute Gasteiger partial charge is 0.247 e. The van der Waals surface area contributed by atoms with Crippen molar-refractivity contribution in [2.24, 2.45) is 5.92 Å². The van der Waals surface area contributed by atoms with Crippen molar-refractivity contribution in [2.45, 2.75) is 45.6 Å². The SMILES string of the molecule is CCC(CC)C(=O)N1CCCC1C(=O)Nc1ccccc1Oc1cccnc1. The summed E-state index contributed by atoms with van der Waals surface area (Å²) in [4.78, 5) is 31.5. The van der Waals surface area contributed by atoms with E-state index < -0.39 is 6.04 Å². The first-order valence-electron chi connectivity index (χ1n) is 9.92. The van der Waals surface area contributed by atoms with Crippen LogP contribution in [0.25, 0.3) is 0 Å². The molecular weight excluding hydrogens is 354 g/mol. The molecule has 1 unspecified atom stereocenters. The van der Waals surface area contributed by atoms with Crippen molar-refractivity contribution in [2.75, 3.05) is 11.9 Å². The van der Waals surface area contributed by atoms with Crippen LogP contribution in [0.2, 0.25) is 0 Å². The van der Waals surface area contributed by atoms with Crippen LogP contribution >= 0.6 is 0 Å². The number of para-hydroxylation sites is 2. The number of pyridine rings is 1. The standard InChI is InChI=1S/C22H27N3O3/c1-3-16(4-2)22(27)25-14-8-11-19(25)21(26)24-18-10-5-6-12-20(18)28-17-9-7-13-23-15-17/h5-7,9-10,12-13,15-16,19H,3-4,8,11,14H2,1-2H3,(H,24,26). The molecule has 1 fully saturated rings. The number of aromatic nitrogens is 1. The van der Waals surface area contributed by atoms with Gasteiger partial charge in [0.25, 0.3) is 0 Å². The van der Waals surface area contributed by atoms with Gasteiger partial charge in [0, 0.05) is 18.7 Å². The van der Waals surface area contributed by atoms with Crippen molar-refractivity contribution in [1.29, 1.82) is 0 Å². The van der Waals surface area contributed by atoms with Crippen LogP contribution in [0.1, 0.15) is 39.5 Å². The Morgan fingerprint density at radius 1 is 1.21 bits per heavy atom. The van der Waals surface area contributed by atoms with E-state index in [1.165, 1.54) is 0 Å². The van der Waals surface area contributed by atoms with Gasteiger partial charge in [0.15, 0.2) is 5.75 Å². The number of hydrogen-bond donors (Lipinski definition) is 1. The summed E-state index contributed by atoms with van der Waals surface area (Å²) in [6.45, 7) is 4.67. The fraction of sp³-hybridized carbons (Fsp3) is 0.409. The average molecular weight is 381 g/mol. The van der Waals surface area contributed by atoms with Gasteiger partial charge in [0.2, 0.25) is 11.8 Å². The lowest BCUT2D eigenvalue weighted by atomic mass is 10.0. The Morgan fingerprint density at radius 3 is 2.71 bits per heavy atom. The number of rotatable bonds is 7. The minimum atomic E-state index is -0.431. The molecular formula is C22H27N3O3. The van der Waals surface area contributed by atoms with E-state index in [1.54, 1.807) is 41.6 Å². The number of amides is 2.